The third-order valence-corrected chi connectivity index (χ3v) is 3.64. The fraction of sp³-hybridized carbons (Fsp3) is 0.250. The second kappa shape index (κ2) is 5.75. The van der Waals surface area contributed by atoms with E-state index in [0.717, 1.165) is 18.8 Å². The van der Waals surface area contributed by atoms with Crippen LogP contribution in [0.3, 0.4) is 0 Å². The Hall–Kier alpha value is -0.460. The lowest BCUT2D eigenvalue weighted by Gasteiger charge is -2.15. The van der Waals surface area contributed by atoms with Crippen molar-refractivity contribution in [3.8, 4) is 0 Å². The van der Waals surface area contributed by atoms with Gasteiger partial charge >= 0.3 is 0 Å². The fourth-order valence-electron chi connectivity index (χ4n) is 1.55. The van der Waals surface area contributed by atoms with Crippen LogP contribution in [-0.4, -0.2) is 16.9 Å². The van der Waals surface area contributed by atoms with Crippen molar-refractivity contribution in [2.45, 2.75) is 13.1 Å². The Bertz CT molecular complexity index is 425. The van der Waals surface area contributed by atoms with Gasteiger partial charge < -0.3 is 0 Å². The molecule has 0 aliphatic rings. The average Bonchev–Trinajstić information content (AvgIpc) is 2.74. The molecule has 0 fully saturated rings. The summed E-state index contributed by atoms with van der Waals surface area (Å²) in [5.41, 5.74) is 4.38. The van der Waals surface area contributed by atoms with E-state index in [1.54, 1.807) is 11.3 Å². The summed E-state index contributed by atoms with van der Waals surface area (Å²) < 4.78 is 1.28. The van der Waals surface area contributed by atoms with Crippen LogP contribution in [0.1, 0.15) is 11.3 Å². The summed E-state index contributed by atoms with van der Waals surface area (Å²) in [4.78, 5) is 6.56. The summed E-state index contributed by atoms with van der Waals surface area (Å²) in [5.74, 6) is 0. The van der Waals surface area contributed by atoms with Gasteiger partial charge in [0, 0.05) is 22.0 Å². The Kier molecular flexibility index (Phi) is 4.31. The number of aromatic nitrogens is 1. The highest BCUT2D eigenvalue weighted by Gasteiger charge is 2.02. The van der Waals surface area contributed by atoms with Crippen LogP contribution in [0.5, 0.6) is 0 Å². The number of thiazole rings is 1. The maximum atomic E-state index is 4.29. The Labute approximate surface area is 113 Å². The van der Waals surface area contributed by atoms with E-state index in [9.17, 15) is 0 Å². The molecule has 0 spiro atoms. The molecule has 0 N–H and O–H groups in total. The molecule has 0 saturated heterocycles. The lowest BCUT2D eigenvalue weighted by Crippen LogP contribution is -2.17. The topological polar surface area (TPSA) is 16.1 Å². The van der Waals surface area contributed by atoms with Crippen molar-refractivity contribution in [1.82, 2.24) is 9.88 Å². The van der Waals surface area contributed by atoms with Gasteiger partial charge in [0.2, 0.25) is 0 Å². The highest BCUT2D eigenvalue weighted by Crippen LogP contribution is 2.10. The maximum Gasteiger partial charge on any atom is 0.0795 e. The van der Waals surface area contributed by atoms with Gasteiger partial charge in [0.05, 0.1) is 11.2 Å². The van der Waals surface area contributed by atoms with Crippen molar-refractivity contribution in [3.05, 3.63) is 50.0 Å². The second-order valence-electron chi connectivity index (χ2n) is 3.78. The molecule has 2 nitrogen and oxygen atoms in total. The SMILES string of the molecule is CN(Cc1ccc(I)cc1)Cc1cscn1. The molecule has 0 aliphatic heterocycles. The highest BCUT2D eigenvalue weighted by molar-refractivity contribution is 14.1. The summed E-state index contributed by atoms with van der Waals surface area (Å²) in [7, 11) is 2.12. The monoisotopic (exact) mass is 344 g/mol. The zero-order valence-corrected chi connectivity index (χ0v) is 12.0. The molecule has 0 bridgehead atoms. The molecule has 0 atom stereocenters. The third-order valence-electron chi connectivity index (χ3n) is 2.28. The first-order valence-corrected chi connectivity index (χ1v) is 7.06. The van der Waals surface area contributed by atoms with Crippen molar-refractivity contribution in [2.24, 2.45) is 0 Å². The number of hydrogen-bond donors (Lipinski definition) is 0. The van der Waals surface area contributed by atoms with Gasteiger partial charge in [-0.25, -0.2) is 4.98 Å². The number of benzene rings is 1. The molecule has 16 heavy (non-hydrogen) atoms. The minimum atomic E-state index is 0.912. The zero-order chi connectivity index (χ0) is 11.4. The highest BCUT2D eigenvalue weighted by atomic mass is 127. The molecule has 84 valence electrons. The molecule has 0 amide bonds. The zero-order valence-electron chi connectivity index (χ0n) is 9.06. The molecule has 1 aromatic carbocycles. The number of nitrogens with zero attached hydrogens (tertiary/aromatic N) is 2. The number of rotatable bonds is 4. The van der Waals surface area contributed by atoms with E-state index in [2.05, 4.69) is 69.2 Å². The number of hydrogen-bond acceptors (Lipinski definition) is 3. The lowest BCUT2D eigenvalue weighted by atomic mass is 10.2. The summed E-state index contributed by atoms with van der Waals surface area (Å²) in [5, 5.41) is 2.10. The van der Waals surface area contributed by atoms with Gasteiger partial charge in [-0.3, -0.25) is 4.90 Å². The van der Waals surface area contributed by atoms with Gasteiger partial charge in [0.1, 0.15) is 0 Å². The molecule has 2 rings (SSSR count). The van der Waals surface area contributed by atoms with Gasteiger partial charge in [-0.2, -0.15) is 0 Å². The molecule has 0 aliphatic carbocycles. The predicted octanol–water partition coefficient (Wildman–Crippen LogP) is 3.38. The lowest BCUT2D eigenvalue weighted by molar-refractivity contribution is 0.316. The van der Waals surface area contributed by atoms with Crippen molar-refractivity contribution in [2.75, 3.05) is 7.05 Å². The van der Waals surface area contributed by atoms with Crippen LogP contribution in [-0.2, 0) is 13.1 Å². The first kappa shape index (κ1) is 12.0. The summed E-state index contributed by atoms with van der Waals surface area (Å²) in [6, 6.07) is 8.65. The molecular formula is C12H13IN2S. The van der Waals surface area contributed by atoms with E-state index in [4.69, 9.17) is 0 Å². The quantitative estimate of drug-likeness (QED) is 0.791. The largest absolute Gasteiger partial charge is 0.296 e. The van der Waals surface area contributed by atoms with Crippen molar-refractivity contribution >= 4 is 33.9 Å². The molecular weight excluding hydrogens is 331 g/mol. The normalized spacial score (nSPS) is 10.9. The standard InChI is InChI=1S/C12H13IN2S/c1-15(7-12-8-16-9-14-12)6-10-2-4-11(13)5-3-10/h2-5,8-9H,6-7H2,1H3. The smallest absolute Gasteiger partial charge is 0.0795 e. The van der Waals surface area contributed by atoms with Crippen molar-refractivity contribution < 1.29 is 0 Å². The van der Waals surface area contributed by atoms with Crippen molar-refractivity contribution in [3.63, 3.8) is 0 Å². The van der Waals surface area contributed by atoms with Crippen LogP contribution in [0.25, 0.3) is 0 Å². The van der Waals surface area contributed by atoms with Gasteiger partial charge in [-0.1, -0.05) is 12.1 Å². The van der Waals surface area contributed by atoms with E-state index < -0.39 is 0 Å². The first-order chi connectivity index (χ1) is 7.74. The molecule has 2 aromatic rings. The fourth-order valence-corrected chi connectivity index (χ4v) is 2.46. The van der Waals surface area contributed by atoms with Crippen molar-refractivity contribution in [1.29, 1.82) is 0 Å². The van der Waals surface area contributed by atoms with Crippen LogP contribution in [0.15, 0.2) is 35.2 Å². The van der Waals surface area contributed by atoms with E-state index in [1.807, 2.05) is 5.51 Å². The van der Waals surface area contributed by atoms with Gasteiger partial charge in [-0.05, 0) is 47.3 Å². The van der Waals surface area contributed by atoms with E-state index in [-0.39, 0.29) is 0 Å². The Morgan fingerprint density at radius 1 is 1.25 bits per heavy atom. The first-order valence-electron chi connectivity index (χ1n) is 5.04. The average molecular weight is 344 g/mol. The van der Waals surface area contributed by atoms with E-state index in [1.165, 1.54) is 9.13 Å². The third kappa shape index (κ3) is 3.54. The molecule has 0 saturated carbocycles. The molecule has 1 heterocycles. The summed E-state index contributed by atoms with van der Waals surface area (Å²) in [6.45, 7) is 1.88. The Balaban J connectivity index is 1.92. The van der Waals surface area contributed by atoms with Gasteiger partial charge in [-0.15, -0.1) is 11.3 Å². The van der Waals surface area contributed by atoms with Crippen LogP contribution < -0.4 is 0 Å². The molecule has 0 radical (unpaired) electrons. The van der Waals surface area contributed by atoms with Crippen LogP contribution >= 0.6 is 33.9 Å². The molecule has 0 unspecified atom stereocenters. The second-order valence-corrected chi connectivity index (χ2v) is 5.74. The Morgan fingerprint density at radius 3 is 2.62 bits per heavy atom. The minimum absolute atomic E-state index is 0.912. The summed E-state index contributed by atoms with van der Waals surface area (Å²) >= 11 is 3.98. The van der Waals surface area contributed by atoms with Crippen LogP contribution in [0.4, 0.5) is 0 Å². The van der Waals surface area contributed by atoms with Gasteiger partial charge in [0.15, 0.2) is 0 Å². The minimum Gasteiger partial charge on any atom is -0.296 e. The number of halogens is 1. The maximum absolute atomic E-state index is 4.29. The van der Waals surface area contributed by atoms with Crippen LogP contribution in [0.2, 0.25) is 0 Å². The van der Waals surface area contributed by atoms with Crippen LogP contribution in [0, 0.1) is 3.57 Å². The Morgan fingerprint density at radius 2 is 2.00 bits per heavy atom. The molecule has 1 aromatic heterocycles. The summed E-state index contributed by atoms with van der Waals surface area (Å²) in [6.07, 6.45) is 0. The predicted molar refractivity (Wildman–Crippen MR) is 76.4 cm³/mol. The molecule has 4 heteroatoms. The van der Waals surface area contributed by atoms with E-state index in [0.29, 0.717) is 0 Å². The van der Waals surface area contributed by atoms with Gasteiger partial charge in [0.25, 0.3) is 0 Å². The van der Waals surface area contributed by atoms with E-state index >= 15 is 0 Å².